The molecule has 3 rings (SSSR count). The molecule has 0 unspecified atom stereocenters. The van der Waals surface area contributed by atoms with Crippen LogP contribution in [0.25, 0.3) is 0 Å². The Morgan fingerprint density at radius 2 is 1.76 bits per heavy atom. The van der Waals surface area contributed by atoms with E-state index in [0.717, 1.165) is 32.4 Å². The Morgan fingerprint density at radius 1 is 1.03 bits per heavy atom. The van der Waals surface area contributed by atoms with Gasteiger partial charge in [0.2, 0.25) is 0 Å². The molecule has 10 heteroatoms. The Morgan fingerprint density at radius 3 is 2.38 bits per heavy atom. The van der Waals surface area contributed by atoms with Crippen LogP contribution in [0.4, 0.5) is 22.7 Å². The van der Waals surface area contributed by atoms with E-state index in [9.17, 15) is 25.0 Å². The second-order valence-electron chi connectivity index (χ2n) is 6.60. The summed E-state index contributed by atoms with van der Waals surface area (Å²) < 4.78 is 5.13. The quantitative estimate of drug-likeness (QED) is 0.577. The highest BCUT2D eigenvalue weighted by Gasteiger charge is 2.23. The van der Waals surface area contributed by atoms with Crippen LogP contribution in [-0.4, -0.2) is 36.0 Å². The number of nitrogens with zero attached hydrogens (tertiary/aromatic N) is 3. The molecule has 2 aromatic carbocycles. The number of piperidine rings is 1. The first-order valence-electron chi connectivity index (χ1n) is 9.08. The molecule has 0 aliphatic carbocycles. The van der Waals surface area contributed by atoms with Gasteiger partial charge in [-0.1, -0.05) is 0 Å². The smallest absolute Gasteiger partial charge is 0.293 e. The molecule has 29 heavy (non-hydrogen) atoms. The predicted octanol–water partition coefficient (Wildman–Crippen LogP) is 3.75. The third-order valence-corrected chi connectivity index (χ3v) is 4.77. The van der Waals surface area contributed by atoms with Crippen molar-refractivity contribution in [2.24, 2.45) is 0 Å². The Kier molecular flexibility index (Phi) is 5.91. The second kappa shape index (κ2) is 8.55. The van der Waals surface area contributed by atoms with Crippen LogP contribution < -0.4 is 15.0 Å². The van der Waals surface area contributed by atoms with Crippen molar-refractivity contribution in [3.63, 3.8) is 0 Å². The predicted molar refractivity (Wildman–Crippen MR) is 107 cm³/mol. The van der Waals surface area contributed by atoms with E-state index in [1.54, 1.807) is 6.07 Å². The zero-order chi connectivity index (χ0) is 21.0. The van der Waals surface area contributed by atoms with E-state index in [1.165, 1.54) is 37.4 Å². The molecule has 152 valence electrons. The molecule has 1 aliphatic heterocycles. The number of carbonyl (C=O) groups is 1. The van der Waals surface area contributed by atoms with Crippen LogP contribution in [0.5, 0.6) is 5.75 Å². The van der Waals surface area contributed by atoms with Crippen molar-refractivity contribution in [2.45, 2.75) is 19.3 Å². The van der Waals surface area contributed by atoms with Gasteiger partial charge in [-0.15, -0.1) is 0 Å². The summed E-state index contributed by atoms with van der Waals surface area (Å²) in [6.07, 6.45) is 3.02. The lowest BCUT2D eigenvalue weighted by atomic mass is 10.1. The number of nitrogens with one attached hydrogen (secondary N) is 1. The highest BCUT2D eigenvalue weighted by atomic mass is 16.6. The van der Waals surface area contributed by atoms with Gasteiger partial charge in [-0.2, -0.15) is 0 Å². The molecular formula is C19H20N4O6. The Balaban J connectivity index is 1.90. The summed E-state index contributed by atoms with van der Waals surface area (Å²) >= 11 is 0. The minimum absolute atomic E-state index is 0.0750. The molecular weight excluding hydrogens is 380 g/mol. The minimum atomic E-state index is -0.628. The molecule has 0 radical (unpaired) electrons. The van der Waals surface area contributed by atoms with Gasteiger partial charge in [-0.3, -0.25) is 25.0 Å². The number of nitro benzene ring substituents is 2. The average molecular weight is 400 g/mol. The normalized spacial score (nSPS) is 13.6. The molecule has 10 nitrogen and oxygen atoms in total. The van der Waals surface area contributed by atoms with Gasteiger partial charge in [0.25, 0.3) is 17.3 Å². The summed E-state index contributed by atoms with van der Waals surface area (Å²) in [7, 11) is 1.37. The molecule has 1 heterocycles. The van der Waals surface area contributed by atoms with Crippen LogP contribution >= 0.6 is 0 Å². The fourth-order valence-corrected chi connectivity index (χ4v) is 3.31. The summed E-state index contributed by atoms with van der Waals surface area (Å²) in [6.45, 7) is 1.47. The number of rotatable bonds is 6. The van der Waals surface area contributed by atoms with Crippen LogP contribution in [0.15, 0.2) is 36.4 Å². The number of benzene rings is 2. The van der Waals surface area contributed by atoms with E-state index < -0.39 is 15.8 Å². The number of amides is 1. The fraction of sp³-hybridized carbons (Fsp3) is 0.316. The molecule has 1 N–H and O–H groups in total. The molecule has 0 atom stereocenters. The number of methoxy groups -OCH3 is 1. The van der Waals surface area contributed by atoms with Crippen molar-refractivity contribution in [2.75, 3.05) is 30.4 Å². The van der Waals surface area contributed by atoms with E-state index in [4.69, 9.17) is 4.74 Å². The van der Waals surface area contributed by atoms with Crippen molar-refractivity contribution < 1.29 is 19.4 Å². The maximum Gasteiger partial charge on any atom is 0.293 e. The van der Waals surface area contributed by atoms with Gasteiger partial charge in [0.1, 0.15) is 11.4 Å². The lowest BCUT2D eigenvalue weighted by molar-refractivity contribution is -0.384. The van der Waals surface area contributed by atoms with Gasteiger partial charge in [-0.25, -0.2) is 0 Å². The van der Waals surface area contributed by atoms with Crippen molar-refractivity contribution in [3.05, 3.63) is 62.2 Å². The Labute approximate surface area is 166 Å². The van der Waals surface area contributed by atoms with Gasteiger partial charge in [0, 0.05) is 36.9 Å². The number of anilines is 2. The standard InChI is InChI=1S/C19H20N4O6/c1-29-18-8-6-14(22(25)26)12-15(18)20-19(24)13-5-7-16(17(11-13)23(27)28)21-9-3-2-4-10-21/h5-8,11-12H,2-4,9-10H2,1H3,(H,20,24). The van der Waals surface area contributed by atoms with E-state index in [1.807, 2.05) is 4.90 Å². The van der Waals surface area contributed by atoms with Crippen molar-refractivity contribution in [3.8, 4) is 5.75 Å². The fourth-order valence-electron chi connectivity index (χ4n) is 3.31. The number of non-ortho nitro benzene ring substituents is 1. The molecule has 1 fully saturated rings. The maximum atomic E-state index is 12.7. The first kappa shape index (κ1) is 20.1. The van der Waals surface area contributed by atoms with Gasteiger partial charge >= 0.3 is 0 Å². The van der Waals surface area contributed by atoms with Gasteiger partial charge < -0.3 is 15.0 Å². The zero-order valence-corrected chi connectivity index (χ0v) is 15.8. The van der Waals surface area contributed by atoms with Crippen LogP contribution in [0, 0.1) is 20.2 Å². The first-order chi connectivity index (χ1) is 13.9. The number of hydrogen-bond donors (Lipinski definition) is 1. The lowest BCUT2D eigenvalue weighted by Crippen LogP contribution is -2.30. The second-order valence-corrected chi connectivity index (χ2v) is 6.60. The van der Waals surface area contributed by atoms with Crippen LogP contribution in [0.3, 0.4) is 0 Å². The highest BCUT2D eigenvalue weighted by Crippen LogP contribution is 2.33. The number of nitro groups is 2. The highest BCUT2D eigenvalue weighted by molar-refractivity contribution is 6.06. The molecule has 1 saturated heterocycles. The number of ether oxygens (including phenoxy) is 1. The molecule has 0 bridgehead atoms. The van der Waals surface area contributed by atoms with Crippen molar-refractivity contribution in [1.82, 2.24) is 0 Å². The number of hydrogen-bond acceptors (Lipinski definition) is 7. The molecule has 0 saturated carbocycles. The molecule has 1 amide bonds. The minimum Gasteiger partial charge on any atom is -0.495 e. The van der Waals surface area contributed by atoms with E-state index >= 15 is 0 Å². The maximum absolute atomic E-state index is 12.7. The topological polar surface area (TPSA) is 128 Å². The summed E-state index contributed by atoms with van der Waals surface area (Å²) in [4.78, 5) is 36.1. The molecule has 2 aromatic rings. The van der Waals surface area contributed by atoms with Gasteiger partial charge in [0.05, 0.1) is 22.6 Å². The average Bonchev–Trinajstić information content (AvgIpc) is 2.73. The third-order valence-electron chi connectivity index (χ3n) is 4.77. The van der Waals surface area contributed by atoms with Crippen LogP contribution in [-0.2, 0) is 0 Å². The van der Waals surface area contributed by atoms with Gasteiger partial charge in [-0.05, 0) is 37.5 Å². The van der Waals surface area contributed by atoms with Crippen molar-refractivity contribution >= 4 is 28.7 Å². The Hall–Kier alpha value is -3.69. The van der Waals surface area contributed by atoms with Crippen LogP contribution in [0.1, 0.15) is 29.6 Å². The summed E-state index contributed by atoms with van der Waals surface area (Å²) in [6, 6.07) is 8.11. The van der Waals surface area contributed by atoms with E-state index in [-0.39, 0.29) is 28.4 Å². The largest absolute Gasteiger partial charge is 0.495 e. The van der Waals surface area contributed by atoms with E-state index in [2.05, 4.69) is 5.32 Å². The van der Waals surface area contributed by atoms with E-state index in [0.29, 0.717) is 5.69 Å². The summed E-state index contributed by atoms with van der Waals surface area (Å²) in [5.41, 5.74) is 0.303. The zero-order valence-electron chi connectivity index (χ0n) is 15.8. The Bertz CT molecular complexity index is 956. The molecule has 0 spiro atoms. The SMILES string of the molecule is COc1ccc([N+](=O)[O-])cc1NC(=O)c1ccc(N2CCCCC2)c([N+](=O)[O-])c1. The van der Waals surface area contributed by atoms with Crippen molar-refractivity contribution in [1.29, 1.82) is 0 Å². The van der Waals surface area contributed by atoms with Gasteiger partial charge in [0.15, 0.2) is 0 Å². The monoisotopic (exact) mass is 400 g/mol. The lowest BCUT2D eigenvalue weighted by Gasteiger charge is -2.28. The van der Waals surface area contributed by atoms with Crippen LogP contribution in [0.2, 0.25) is 0 Å². The third kappa shape index (κ3) is 4.42. The molecule has 0 aromatic heterocycles. The molecule has 1 aliphatic rings. The summed E-state index contributed by atoms with van der Waals surface area (Å²) in [5.74, 6) is -0.388. The summed E-state index contributed by atoms with van der Waals surface area (Å²) in [5, 5.41) is 25.1. The first-order valence-corrected chi connectivity index (χ1v) is 9.08. The number of carbonyl (C=O) groups excluding carboxylic acids is 1.